The number of carbonyl (C=O) groups is 1. The fourth-order valence-electron chi connectivity index (χ4n) is 5.27. The van der Waals surface area contributed by atoms with E-state index in [1.165, 1.54) is 0 Å². The lowest BCUT2D eigenvalue weighted by Crippen LogP contribution is -2.32. The summed E-state index contributed by atoms with van der Waals surface area (Å²) in [5, 5.41) is 7.81. The SMILES string of the molecule is CCC1(CC)C(=O)Nc2cc(C#Cc3nccc4cnc(Nc5ccc(S(=O)(=O)C6CC6)cc5)cc34)ccc21. The second-order valence-corrected chi connectivity index (χ2v) is 12.3. The minimum atomic E-state index is -3.22. The van der Waals surface area contributed by atoms with Gasteiger partial charge in [-0.05, 0) is 85.7 Å². The average Bonchev–Trinajstić information content (AvgIpc) is 3.77. The molecule has 2 aromatic heterocycles. The summed E-state index contributed by atoms with van der Waals surface area (Å²) >= 11 is 0. The summed E-state index contributed by atoms with van der Waals surface area (Å²) in [6, 6.07) is 16.5. The van der Waals surface area contributed by atoms with Crippen LogP contribution >= 0.6 is 0 Å². The van der Waals surface area contributed by atoms with Gasteiger partial charge in [0.05, 0.1) is 15.6 Å². The molecule has 0 unspecified atom stereocenters. The molecule has 2 aromatic carbocycles. The Hall–Kier alpha value is -4.22. The first-order chi connectivity index (χ1) is 18.8. The molecule has 1 fully saturated rings. The number of rotatable bonds is 6. The number of amides is 1. The van der Waals surface area contributed by atoms with Gasteiger partial charge in [0.15, 0.2) is 9.84 Å². The number of hydrogen-bond acceptors (Lipinski definition) is 6. The first-order valence-electron chi connectivity index (χ1n) is 13.2. The Kier molecular flexibility index (Phi) is 6.12. The van der Waals surface area contributed by atoms with Crippen molar-refractivity contribution in [3.05, 3.63) is 83.8 Å². The monoisotopic (exact) mass is 536 g/mol. The normalized spacial score (nSPS) is 15.8. The van der Waals surface area contributed by atoms with Gasteiger partial charge >= 0.3 is 0 Å². The number of pyridine rings is 2. The Morgan fingerprint density at radius 1 is 1.00 bits per heavy atom. The van der Waals surface area contributed by atoms with Gasteiger partial charge in [0.25, 0.3) is 0 Å². The second kappa shape index (κ2) is 9.51. The zero-order valence-electron chi connectivity index (χ0n) is 21.8. The van der Waals surface area contributed by atoms with E-state index in [1.807, 2.05) is 44.2 Å². The molecule has 1 aliphatic heterocycles. The molecule has 1 amide bonds. The van der Waals surface area contributed by atoms with Gasteiger partial charge in [0.1, 0.15) is 11.5 Å². The van der Waals surface area contributed by atoms with Crippen LogP contribution in [-0.4, -0.2) is 29.5 Å². The molecule has 2 N–H and O–H groups in total. The highest BCUT2D eigenvalue weighted by Crippen LogP contribution is 2.43. The van der Waals surface area contributed by atoms with E-state index in [0.29, 0.717) is 16.4 Å². The summed E-state index contributed by atoms with van der Waals surface area (Å²) in [5.74, 6) is 7.05. The largest absolute Gasteiger partial charge is 0.340 e. The van der Waals surface area contributed by atoms with Crippen molar-refractivity contribution in [3.63, 3.8) is 0 Å². The average molecular weight is 537 g/mol. The molecule has 1 aliphatic carbocycles. The molecule has 0 spiro atoms. The van der Waals surface area contributed by atoms with Crippen molar-refractivity contribution in [1.82, 2.24) is 9.97 Å². The molecular weight excluding hydrogens is 508 g/mol. The van der Waals surface area contributed by atoms with Gasteiger partial charge in [-0.25, -0.2) is 18.4 Å². The van der Waals surface area contributed by atoms with Crippen LogP contribution in [-0.2, 0) is 20.0 Å². The Bertz CT molecular complexity index is 1780. The third kappa shape index (κ3) is 4.43. The van der Waals surface area contributed by atoms with Crippen LogP contribution in [0.2, 0.25) is 0 Å². The van der Waals surface area contributed by atoms with E-state index in [-0.39, 0.29) is 11.2 Å². The van der Waals surface area contributed by atoms with Crippen molar-refractivity contribution in [1.29, 1.82) is 0 Å². The van der Waals surface area contributed by atoms with Crippen LogP contribution in [0, 0.1) is 11.8 Å². The minimum Gasteiger partial charge on any atom is -0.340 e. The number of aromatic nitrogens is 2. The number of hydrogen-bond donors (Lipinski definition) is 2. The first kappa shape index (κ1) is 25.1. The molecule has 0 radical (unpaired) electrons. The lowest BCUT2D eigenvalue weighted by Gasteiger charge is -2.23. The highest BCUT2D eigenvalue weighted by atomic mass is 32.2. The summed E-state index contributed by atoms with van der Waals surface area (Å²) < 4.78 is 24.9. The summed E-state index contributed by atoms with van der Waals surface area (Å²) in [6.45, 7) is 4.09. The summed E-state index contributed by atoms with van der Waals surface area (Å²) in [4.78, 5) is 22.1. The maximum absolute atomic E-state index is 12.7. The van der Waals surface area contributed by atoms with E-state index in [0.717, 1.165) is 59.0 Å². The molecule has 196 valence electrons. The fourth-order valence-corrected chi connectivity index (χ4v) is 6.93. The molecule has 4 aromatic rings. The van der Waals surface area contributed by atoms with E-state index in [4.69, 9.17) is 0 Å². The predicted molar refractivity (Wildman–Crippen MR) is 153 cm³/mol. The van der Waals surface area contributed by atoms with Crippen LogP contribution in [0.3, 0.4) is 0 Å². The quantitative estimate of drug-likeness (QED) is 0.306. The lowest BCUT2D eigenvalue weighted by atomic mass is 9.77. The molecule has 0 saturated heterocycles. The van der Waals surface area contributed by atoms with Crippen molar-refractivity contribution in [2.45, 2.75) is 55.1 Å². The first-order valence-corrected chi connectivity index (χ1v) is 14.7. The zero-order chi connectivity index (χ0) is 27.2. The number of carbonyl (C=O) groups excluding carboxylic acids is 1. The van der Waals surface area contributed by atoms with E-state index < -0.39 is 15.3 Å². The van der Waals surface area contributed by atoms with Crippen LogP contribution in [0.15, 0.2) is 71.9 Å². The zero-order valence-corrected chi connectivity index (χ0v) is 22.6. The fraction of sp³-hybridized carbons (Fsp3) is 0.258. The number of nitrogens with one attached hydrogen (secondary N) is 2. The molecule has 6 rings (SSSR count). The van der Waals surface area contributed by atoms with E-state index >= 15 is 0 Å². The molecule has 8 heteroatoms. The van der Waals surface area contributed by atoms with Gasteiger partial charge in [0, 0.05) is 40.1 Å². The van der Waals surface area contributed by atoms with Crippen molar-refractivity contribution in [3.8, 4) is 11.8 Å². The van der Waals surface area contributed by atoms with E-state index in [1.54, 1.807) is 36.7 Å². The summed E-state index contributed by atoms with van der Waals surface area (Å²) in [6.07, 6.45) is 6.45. The minimum absolute atomic E-state index is 0.0510. The van der Waals surface area contributed by atoms with E-state index in [9.17, 15) is 13.2 Å². The standard InChI is InChI=1S/C31H28N4O3S/c1-3-31(4-2)26-13-5-20(17-28(26)35-30(31)36)6-14-27-25-18-29(33-19-21(25)15-16-32-27)34-22-7-9-23(10-8-22)39(37,38)24-11-12-24/h5,7-10,13,15-19,24H,3-4,11-12H2,1-2H3,(H,33,34)(H,35,36). The van der Waals surface area contributed by atoms with Crippen LogP contribution in [0.4, 0.5) is 17.2 Å². The van der Waals surface area contributed by atoms with Gasteiger partial charge in [-0.1, -0.05) is 25.8 Å². The topological polar surface area (TPSA) is 101 Å². The van der Waals surface area contributed by atoms with Gasteiger partial charge in [-0.15, -0.1) is 0 Å². The molecule has 0 bridgehead atoms. The Morgan fingerprint density at radius 3 is 2.49 bits per heavy atom. The van der Waals surface area contributed by atoms with Crippen molar-refractivity contribution in [2.75, 3.05) is 10.6 Å². The Balaban J connectivity index is 1.27. The molecule has 3 heterocycles. The van der Waals surface area contributed by atoms with Crippen molar-refractivity contribution >= 4 is 43.7 Å². The van der Waals surface area contributed by atoms with Crippen molar-refractivity contribution < 1.29 is 13.2 Å². The number of sulfone groups is 1. The maximum Gasteiger partial charge on any atom is 0.235 e. The van der Waals surface area contributed by atoms with Gasteiger partial charge in [-0.3, -0.25) is 4.79 Å². The highest BCUT2D eigenvalue weighted by molar-refractivity contribution is 7.92. The van der Waals surface area contributed by atoms with Crippen LogP contribution < -0.4 is 10.6 Å². The molecule has 2 aliphatic rings. The smallest absolute Gasteiger partial charge is 0.235 e. The van der Waals surface area contributed by atoms with Gasteiger partial charge in [0.2, 0.25) is 5.91 Å². The van der Waals surface area contributed by atoms with Gasteiger partial charge in [-0.2, -0.15) is 0 Å². The maximum atomic E-state index is 12.7. The Morgan fingerprint density at radius 2 is 1.77 bits per heavy atom. The van der Waals surface area contributed by atoms with Gasteiger partial charge < -0.3 is 10.6 Å². The number of benzene rings is 2. The van der Waals surface area contributed by atoms with Crippen LogP contribution in [0.1, 0.15) is 56.4 Å². The predicted octanol–water partition coefficient (Wildman–Crippen LogP) is 5.72. The summed E-state index contributed by atoms with van der Waals surface area (Å²) in [7, 11) is -3.22. The molecule has 39 heavy (non-hydrogen) atoms. The number of anilines is 3. The highest BCUT2D eigenvalue weighted by Gasteiger charge is 2.43. The Labute approximate surface area is 228 Å². The lowest BCUT2D eigenvalue weighted by molar-refractivity contribution is -0.121. The van der Waals surface area contributed by atoms with Crippen molar-refractivity contribution in [2.24, 2.45) is 0 Å². The number of fused-ring (bicyclic) bond motifs is 2. The third-order valence-electron chi connectivity index (χ3n) is 7.82. The molecule has 7 nitrogen and oxygen atoms in total. The molecule has 0 atom stereocenters. The van der Waals surface area contributed by atoms with Crippen LogP contribution in [0.5, 0.6) is 0 Å². The molecule has 1 saturated carbocycles. The third-order valence-corrected chi connectivity index (χ3v) is 10.1. The van der Waals surface area contributed by atoms with Crippen LogP contribution in [0.25, 0.3) is 10.8 Å². The molecular formula is C31H28N4O3S. The second-order valence-electron chi connectivity index (χ2n) is 10.1. The van der Waals surface area contributed by atoms with E-state index in [2.05, 4.69) is 32.4 Å². The number of nitrogens with zero attached hydrogens (tertiary/aromatic N) is 2. The summed E-state index contributed by atoms with van der Waals surface area (Å²) in [5.41, 5.74) is 3.54.